The fourth-order valence-corrected chi connectivity index (χ4v) is 4.80. The van der Waals surface area contributed by atoms with Crippen molar-refractivity contribution in [3.63, 3.8) is 0 Å². The summed E-state index contributed by atoms with van der Waals surface area (Å²) in [6.45, 7) is 26.8. The molecule has 1 rings (SSSR count). The fourth-order valence-electron chi connectivity index (χ4n) is 2.71. The Balaban J connectivity index is 2.41. The summed E-state index contributed by atoms with van der Waals surface area (Å²) in [6.07, 6.45) is 0.802. The largest absolute Gasteiger partial charge is 0.417 e. The molecule has 0 radical (unpaired) electrons. The maximum absolute atomic E-state index is 6.37. The van der Waals surface area contributed by atoms with Gasteiger partial charge in [0.05, 0.1) is 45.7 Å². The lowest BCUT2D eigenvalue weighted by molar-refractivity contribution is -0.0510. The monoisotopic (exact) mass is 512 g/mol. The Kier molecular flexibility index (Phi) is 13.2. The molecule has 7 heteroatoms. The van der Waals surface area contributed by atoms with Gasteiger partial charge in [0.25, 0.3) is 0 Å². The van der Waals surface area contributed by atoms with E-state index in [1.165, 1.54) is 5.56 Å². The van der Waals surface area contributed by atoms with E-state index in [1.54, 1.807) is 0 Å². The van der Waals surface area contributed by atoms with E-state index in [-0.39, 0.29) is 16.2 Å². The molecule has 198 valence electrons. The lowest BCUT2D eigenvalue weighted by atomic mass is 10.2. The standard InChI is InChI=1S/C27H52O5Si2/c1-26(2,3)33(7,8)31-17-16-25(23-29-22-24-14-12-11-13-15-24)30-20-18-28-19-21-32-34(9,10)27(4,5)6/h11-15,25H,16-23H2,1-10H3. The highest BCUT2D eigenvalue weighted by molar-refractivity contribution is 6.74. The summed E-state index contributed by atoms with van der Waals surface area (Å²) in [5.74, 6) is 0. The van der Waals surface area contributed by atoms with Crippen LogP contribution in [0.15, 0.2) is 30.3 Å². The van der Waals surface area contributed by atoms with Crippen molar-refractivity contribution in [1.29, 1.82) is 0 Å². The van der Waals surface area contributed by atoms with E-state index in [0.29, 0.717) is 46.2 Å². The Bertz CT molecular complexity index is 666. The Morgan fingerprint density at radius 3 is 1.76 bits per heavy atom. The number of benzene rings is 1. The van der Waals surface area contributed by atoms with Crippen LogP contribution in [-0.2, 0) is 29.7 Å². The lowest BCUT2D eigenvalue weighted by Crippen LogP contribution is -2.41. The minimum absolute atomic E-state index is 0.0134. The number of hydrogen-bond donors (Lipinski definition) is 0. The summed E-state index contributed by atoms with van der Waals surface area (Å²) < 4.78 is 30.4. The molecule has 0 bridgehead atoms. The molecular weight excluding hydrogens is 460 g/mol. The molecule has 0 aliphatic heterocycles. The lowest BCUT2D eigenvalue weighted by Gasteiger charge is -2.36. The van der Waals surface area contributed by atoms with Crippen LogP contribution >= 0.6 is 0 Å². The molecule has 0 aliphatic carbocycles. The van der Waals surface area contributed by atoms with Crippen LogP contribution in [0.4, 0.5) is 0 Å². The molecule has 0 spiro atoms. The third-order valence-corrected chi connectivity index (χ3v) is 16.3. The maximum atomic E-state index is 6.37. The second kappa shape index (κ2) is 14.3. The van der Waals surface area contributed by atoms with Gasteiger partial charge in [-0.25, -0.2) is 0 Å². The topological polar surface area (TPSA) is 46.2 Å². The first-order valence-corrected chi connectivity index (χ1v) is 18.6. The van der Waals surface area contributed by atoms with Gasteiger partial charge in [0, 0.05) is 6.61 Å². The third kappa shape index (κ3) is 11.9. The molecule has 1 unspecified atom stereocenters. The molecule has 0 saturated carbocycles. The quantitative estimate of drug-likeness (QED) is 0.176. The predicted molar refractivity (Wildman–Crippen MR) is 148 cm³/mol. The van der Waals surface area contributed by atoms with Gasteiger partial charge in [-0.1, -0.05) is 71.9 Å². The van der Waals surface area contributed by atoms with Crippen molar-refractivity contribution in [3.8, 4) is 0 Å². The summed E-state index contributed by atoms with van der Waals surface area (Å²) >= 11 is 0. The highest BCUT2D eigenvalue weighted by atomic mass is 28.4. The molecular formula is C27H52O5Si2. The van der Waals surface area contributed by atoms with Crippen LogP contribution in [0.2, 0.25) is 36.3 Å². The zero-order valence-corrected chi connectivity index (χ0v) is 25.7. The van der Waals surface area contributed by atoms with Gasteiger partial charge in [-0.05, 0) is 48.2 Å². The van der Waals surface area contributed by atoms with Crippen LogP contribution < -0.4 is 0 Å². The van der Waals surface area contributed by atoms with Crippen LogP contribution in [0.1, 0.15) is 53.5 Å². The van der Waals surface area contributed by atoms with Crippen LogP contribution in [0.25, 0.3) is 0 Å². The second-order valence-electron chi connectivity index (χ2n) is 12.1. The summed E-state index contributed by atoms with van der Waals surface area (Å²) in [4.78, 5) is 0. The van der Waals surface area contributed by atoms with Crippen molar-refractivity contribution in [2.24, 2.45) is 0 Å². The van der Waals surface area contributed by atoms with Crippen LogP contribution in [0.3, 0.4) is 0 Å². The molecule has 1 aromatic rings. The average molecular weight is 513 g/mol. The van der Waals surface area contributed by atoms with Gasteiger partial charge in [0.1, 0.15) is 0 Å². The van der Waals surface area contributed by atoms with Crippen molar-refractivity contribution in [3.05, 3.63) is 35.9 Å². The van der Waals surface area contributed by atoms with E-state index in [2.05, 4.69) is 79.9 Å². The van der Waals surface area contributed by atoms with Gasteiger partial charge in [-0.15, -0.1) is 0 Å². The van der Waals surface area contributed by atoms with Crippen molar-refractivity contribution < 1.29 is 23.1 Å². The van der Waals surface area contributed by atoms with Gasteiger partial charge in [-0.3, -0.25) is 0 Å². The van der Waals surface area contributed by atoms with E-state index < -0.39 is 16.6 Å². The zero-order valence-electron chi connectivity index (χ0n) is 23.7. The van der Waals surface area contributed by atoms with Crippen LogP contribution in [0.5, 0.6) is 0 Å². The summed E-state index contributed by atoms with van der Waals surface area (Å²) in [5.41, 5.74) is 1.17. The number of hydrogen-bond acceptors (Lipinski definition) is 5. The molecule has 1 aromatic carbocycles. The van der Waals surface area contributed by atoms with E-state index in [1.807, 2.05) is 18.2 Å². The molecule has 0 amide bonds. The number of ether oxygens (including phenoxy) is 3. The first kappa shape index (κ1) is 31.5. The third-order valence-electron chi connectivity index (χ3n) is 7.20. The average Bonchev–Trinajstić information content (AvgIpc) is 2.71. The summed E-state index contributed by atoms with van der Waals surface area (Å²) in [7, 11) is -3.49. The highest BCUT2D eigenvalue weighted by Crippen LogP contribution is 2.37. The molecule has 5 nitrogen and oxygen atoms in total. The highest BCUT2D eigenvalue weighted by Gasteiger charge is 2.37. The first-order valence-electron chi connectivity index (χ1n) is 12.7. The SMILES string of the molecule is CC(C)(C)[Si](C)(C)OCCOCCOC(CCO[Si](C)(C)C(C)(C)C)COCc1ccccc1. The number of rotatable bonds is 16. The van der Waals surface area contributed by atoms with Crippen LogP contribution in [-0.4, -0.2) is 62.4 Å². The minimum atomic E-state index is -1.77. The van der Waals surface area contributed by atoms with Crippen molar-refractivity contribution in [2.75, 3.05) is 39.6 Å². The van der Waals surface area contributed by atoms with E-state index >= 15 is 0 Å². The molecule has 0 saturated heterocycles. The fraction of sp³-hybridized carbons (Fsp3) is 0.778. The van der Waals surface area contributed by atoms with E-state index in [9.17, 15) is 0 Å². The molecule has 0 aliphatic rings. The normalized spacial score (nSPS) is 14.4. The Morgan fingerprint density at radius 1 is 0.676 bits per heavy atom. The summed E-state index contributed by atoms with van der Waals surface area (Å²) in [6, 6.07) is 10.2. The van der Waals surface area contributed by atoms with Gasteiger partial charge >= 0.3 is 0 Å². The predicted octanol–water partition coefficient (Wildman–Crippen LogP) is 7.04. The Labute approximate surface area is 212 Å². The molecule has 0 heterocycles. The molecule has 1 atom stereocenters. The molecule has 34 heavy (non-hydrogen) atoms. The minimum Gasteiger partial charge on any atom is -0.417 e. The Morgan fingerprint density at radius 2 is 1.21 bits per heavy atom. The first-order chi connectivity index (χ1) is 15.7. The van der Waals surface area contributed by atoms with Gasteiger partial charge in [-0.2, -0.15) is 0 Å². The van der Waals surface area contributed by atoms with Crippen molar-refractivity contribution in [2.45, 2.75) is 96.9 Å². The molecule has 0 fully saturated rings. The molecule has 0 N–H and O–H groups in total. The van der Waals surface area contributed by atoms with Gasteiger partial charge in [0.15, 0.2) is 16.6 Å². The van der Waals surface area contributed by atoms with Crippen molar-refractivity contribution in [1.82, 2.24) is 0 Å². The van der Waals surface area contributed by atoms with E-state index in [0.717, 1.165) is 6.42 Å². The van der Waals surface area contributed by atoms with Gasteiger partial charge < -0.3 is 23.1 Å². The van der Waals surface area contributed by atoms with E-state index in [4.69, 9.17) is 23.1 Å². The van der Waals surface area contributed by atoms with Crippen molar-refractivity contribution >= 4 is 16.6 Å². The maximum Gasteiger partial charge on any atom is 0.192 e. The molecule has 0 aromatic heterocycles. The smallest absolute Gasteiger partial charge is 0.192 e. The summed E-state index contributed by atoms with van der Waals surface area (Å²) in [5, 5.41) is 0.420. The van der Waals surface area contributed by atoms with Crippen LogP contribution in [0, 0.1) is 0 Å². The Hall–Kier alpha value is -0.546. The second-order valence-corrected chi connectivity index (χ2v) is 21.7. The van der Waals surface area contributed by atoms with Gasteiger partial charge in [0.2, 0.25) is 0 Å². The zero-order chi connectivity index (χ0) is 25.9.